The van der Waals surface area contributed by atoms with Crippen LogP contribution in [0.2, 0.25) is 0 Å². The molecule has 0 fully saturated rings. The number of aromatic nitrogens is 1. The lowest BCUT2D eigenvalue weighted by Gasteiger charge is -2.13. The summed E-state index contributed by atoms with van der Waals surface area (Å²) in [4.78, 5) is 28.8. The summed E-state index contributed by atoms with van der Waals surface area (Å²) in [5.74, 6) is 0.0952. The van der Waals surface area contributed by atoms with Crippen LogP contribution in [0.4, 0.5) is 10.1 Å². The quantitative estimate of drug-likeness (QED) is 0.628. The van der Waals surface area contributed by atoms with Crippen LogP contribution < -0.4 is 10.6 Å². The maximum absolute atomic E-state index is 13.0. The molecule has 0 saturated carbocycles. The van der Waals surface area contributed by atoms with Crippen molar-refractivity contribution in [2.24, 2.45) is 0 Å². The lowest BCUT2D eigenvalue weighted by atomic mass is 10.1. The van der Waals surface area contributed by atoms with E-state index in [4.69, 9.17) is 4.42 Å². The summed E-state index contributed by atoms with van der Waals surface area (Å²) in [7, 11) is 0. The molecule has 0 aliphatic heterocycles. The molecule has 2 N–H and O–H groups in total. The molecule has 0 saturated heterocycles. The number of oxazole rings is 1. The molecule has 150 valence electrons. The molecule has 0 atom stereocenters. The molecule has 0 radical (unpaired) electrons. The van der Waals surface area contributed by atoms with Gasteiger partial charge in [0.2, 0.25) is 5.91 Å². The summed E-state index contributed by atoms with van der Waals surface area (Å²) in [6.07, 6.45) is 1.99. The summed E-state index contributed by atoms with van der Waals surface area (Å²) in [5, 5.41) is 5.58. The Labute approximate surface area is 168 Å². The molecular formula is C22H22FN3O3. The number of amides is 2. The molecule has 2 aromatic carbocycles. The second kappa shape index (κ2) is 9.14. The third-order valence-corrected chi connectivity index (χ3v) is 4.11. The highest BCUT2D eigenvalue weighted by Crippen LogP contribution is 2.21. The van der Waals surface area contributed by atoms with Crippen LogP contribution in [0.15, 0.2) is 59.1 Å². The topological polar surface area (TPSA) is 84.2 Å². The Bertz CT molecular complexity index is 997. The third kappa shape index (κ3) is 5.51. The zero-order valence-corrected chi connectivity index (χ0v) is 16.2. The number of anilines is 1. The molecule has 2 amide bonds. The van der Waals surface area contributed by atoms with E-state index in [0.29, 0.717) is 34.9 Å². The van der Waals surface area contributed by atoms with Crippen molar-refractivity contribution in [3.05, 3.63) is 72.0 Å². The zero-order valence-electron chi connectivity index (χ0n) is 16.2. The van der Waals surface area contributed by atoms with Gasteiger partial charge in [0.05, 0.1) is 17.4 Å². The number of carbonyl (C=O) groups excluding carboxylic acids is 2. The summed E-state index contributed by atoms with van der Waals surface area (Å²) in [6.45, 7) is 3.74. The first-order chi connectivity index (χ1) is 13.9. The van der Waals surface area contributed by atoms with Gasteiger partial charge in [-0.15, -0.1) is 0 Å². The van der Waals surface area contributed by atoms with Crippen molar-refractivity contribution in [1.82, 2.24) is 10.3 Å². The number of para-hydroxylation sites is 1. The maximum atomic E-state index is 13.0. The molecule has 1 heterocycles. The summed E-state index contributed by atoms with van der Waals surface area (Å²) >= 11 is 0. The zero-order chi connectivity index (χ0) is 20.8. The van der Waals surface area contributed by atoms with Gasteiger partial charge in [-0.25, -0.2) is 9.37 Å². The van der Waals surface area contributed by atoms with Crippen LogP contribution in [0.25, 0.3) is 11.3 Å². The lowest BCUT2D eigenvalue weighted by molar-refractivity contribution is -0.116. The van der Waals surface area contributed by atoms with E-state index in [1.807, 2.05) is 13.8 Å². The number of halogens is 1. The fraction of sp³-hybridized carbons (Fsp3) is 0.227. The highest BCUT2D eigenvalue weighted by Gasteiger charge is 2.15. The monoisotopic (exact) mass is 395 g/mol. The molecule has 7 heteroatoms. The first-order valence-corrected chi connectivity index (χ1v) is 9.33. The van der Waals surface area contributed by atoms with Gasteiger partial charge in [0, 0.05) is 24.4 Å². The van der Waals surface area contributed by atoms with Gasteiger partial charge in [0.1, 0.15) is 5.82 Å². The molecule has 0 aliphatic rings. The number of hydrogen-bond acceptors (Lipinski definition) is 4. The van der Waals surface area contributed by atoms with Crippen LogP contribution in [0.5, 0.6) is 0 Å². The van der Waals surface area contributed by atoms with Gasteiger partial charge in [0.15, 0.2) is 11.7 Å². The summed E-state index contributed by atoms with van der Waals surface area (Å²) in [6, 6.07) is 12.7. The molecule has 1 aromatic heterocycles. The Morgan fingerprint density at radius 1 is 1.10 bits per heavy atom. The molecule has 0 bridgehead atoms. The van der Waals surface area contributed by atoms with E-state index in [0.717, 1.165) is 0 Å². The minimum absolute atomic E-state index is 0.00779. The van der Waals surface area contributed by atoms with E-state index in [1.165, 1.54) is 12.1 Å². The van der Waals surface area contributed by atoms with E-state index in [-0.39, 0.29) is 30.1 Å². The van der Waals surface area contributed by atoms with E-state index in [1.54, 1.807) is 42.6 Å². The fourth-order valence-electron chi connectivity index (χ4n) is 2.74. The number of nitrogens with zero attached hydrogens (tertiary/aromatic N) is 1. The van der Waals surface area contributed by atoms with Crippen molar-refractivity contribution in [3.8, 4) is 11.3 Å². The number of benzene rings is 2. The molecule has 3 aromatic rings. The highest BCUT2D eigenvalue weighted by atomic mass is 19.1. The van der Waals surface area contributed by atoms with Crippen molar-refractivity contribution in [1.29, 1.82) is 0 Å². The minimum Gasteiger partial charge on any atom is -0.441 e. The predicted octanol–water partition coefficient (Wildman–Crippen LogP) is 4.19. The van der Waals surface area contributed by atoms with Crippen LogP contribution in [0.1, 0.15) is 36.5 Å². The van der Waals surface area contributed by atoms with Gasteiger partial charge in [-0.05, 0) is 50.2 Å². The standard InChI is InChI=1S/C22H22FN3O3/c1-14(2)25-22(28)17-5-3-4-6-18(17)26-20(27)11-12-21-24-13-19(29-21)15-7-9-16(23)10-8-15/h3-10,13-14H,11-12H2,1-2H3,(H,25,28)(H,26,27). The van der Waals surface area contributed by atoms with Gasteiger partial charge < -0.3 is 15.1 Å². The number of hydrogen-bond donors (Lipinski definition) is 2. The van der Waals surface area contributed by atoms with Crippen LogP contribution in [-0.4, -0.2) is 22.8 Å². The maximum Gasteiger partial charge on any atom is 0.253 e. The second-order valence-electron chi connectivity index (χ2n) is 6.85. The first-order valence-electron chi connectivity index (χ1n) is 9.33. The molecule has 0 spiro atoms. The molecule has 0 unspecified atom stereocenters. The lowest BCUT2D eigenvalue weighted by Crippen LogP contribution is -2.31. The molecular weight excluding hydrogens is 373 g/mol. The van der Waals surface area contributed by atoms with E-state index < -0.39 is 0 Å². The van der Waals surface area contributed by atoms with Crippen molar-refractivity contribution in [2.75, 3.05) is 5.32 Å². The van der Waals surface area contributed by atoms with Gasteiger partial charge in [-0.2, -0.15) is 0 Å². The highest BCUT2D eigenvalue weighted by molar-refractivity contribution is 6.03. The van der Waals surface area contributed by atoms with Crippen LogP contribution in [0, 0.1) is 5.82 Å². The molecule has 29 heavy (non-hydrogen) atoms. The van der Waals surface area contributed by atoms with E-state index >= 15 is 0 Å². The van der Waals surface area contributed by atoms with Gasteiger partial charge in [-0.1, -0.05) is 12.1 Å². The number of rotatable bonds is 7. The second-order valence-corrected chi connectivity index (χ2v) is 6.85. The average molecular weight is 395 g/mol. The predicted molar refractivity (Wildman–Crippen MR) is 108 cm³/mol. The number of carbonyl (C=O) groups is 2. The molecule has 3 rings (SSSR count). The Hall–Kier alpha value is -3.48. The van der Waals surface area contributed by atoms with Crippen molar-refractivity contribution >= 4 is 17.5 Å². The third-order valence-electron chi connectivity index (χ3n) is 4.11. The Morgan fingerprint density at radius 2 is 1.83 bits per heavy atom. The SMILES string of the molecule is CC(C)NC(=O)c1ccccc1NC(=O)CCc1ncc(-c2ccc(F)cc2)o1. The van der Waals surface area contributed by atoms with Gasteiger partial charge in [-0.3, -0.25) is 9.59 Å². The average Bonchev–Trinajstić information content (AvgIpc) is 3.16. The van der Waals surface area contributed by atoms with Gasteiger partial charge in [0.25, 0.3) is 5.91 Å². The van der Waals surface area contributed by atoms with Gasteiger partial charge >= 0.3 is 0 Å². The van der Waals surface area contributed by atoms with E-state index in [9.17, 15) is 14.0 Å². The number of nitrogens with one attached hydrogen (secondary N) is 2. The minimum atomic E-state index is -0.326. The Balaban J connectivity index is 1.60. The van der Waals surface area contributed by atoms with Crippen LogP contribution >= 0.6 is 0 Å². The summed E-state index contributed by atoms with van der Waals surface area (Å²) < 4.78 is 18.7. The Morgan fingerprint density at radius 3 is 2.55 bits per heavy atom. The van der Waals surface area contributed by atoms with Crippen molar-refractivity contribution < 1.29 is 18.4 Å². The number of aryl methyl sites for hydroxylation is 1. The Kier molecular flexibility index (Phi) is 6.39. The summed E-state index contributed by atoms with van der Waals surface area (Å²) in [5.41, 5.74) is 1.57. The molecule has 6 nitrogen and oxygen atoms in total. The smallest absolute Gasteiger partial charge is 0.253 e. The molecule has 0 aliphatic carbocycles. The van der Waals surface area contributed by atoms with Crippen LogP contribution in [0.3, 0.4) is 0 Å². The van der Waals surface area contributed by atoms with Crippen molar-refractivity contribution in [2.45, 2.75) is 32.7 Å². The largest absolute Gasteiger partial charge is 0.441 e. The van der Waals surface area contributed by atoms with Crippen molar-refractivity contribution in [3.63, 3.8) is 0 Å². The first kappa shape index (κ1) is 20.3. The van der Waals surface area contributed by atoms with Crippen LogP contribution in [-0.2, 0) is 11.2 Å². The fourth-order valence-corrected chi connectivity index (χ4v) is 2.74. The van der Waals surface area contributed by atoms with E-state index in [2.05, 4.69) is 15.6 Å². The normalized spacial score (nSPS) is 10.8.